The molecule has 1 aromatic heterocycles. The topological polar surface area (TPSA) is 136 Å². The lowest BCUT2D eigenvalue weighted by molar-refractivity contribution is -0.137. The van der Waals surface area contributed by atoms with Gasteiger partial charge in [0, 0.05) is 24.3 Å². The molecule has 5 rings (SSSR count). The zero-order valence-corrected chi connectivity index (χ0v) is 26.5. The second kappa shape index (κ2) is 14.4. The van der Waals surface area contributed by atoms with Gasteiger partial charge in [-0.25, -0.2) is 12.8 Å². The predicted octanol–water partition coefficient (Wildman–Crippen LogP) is 4.76. The normalized spacial score (nSPS) is 14.1. The molecule has 0 radical (unpaired) electrons. The Kier molecular flexibility index (Phi) is 10.5. The molecule has 4 aromatic rings. The van der Waals surface area contributed by atoms with Crippen LogP contribution in [-0.4, -0.2) is 71.4 Å². The number of nitrogens with zero attached hydrogens (tertiary/aromatic N) is 4. The lowest BCUT2D eigenvalue weighted by Gasteiger charge is -2.26. The van der Waals surface area contributed by atoms with Gasteiger partial charge in [0.1, 0.15) is 5.82 Å². The number of anilines is 1. The van der Waals surface area contributed by atoms with E-state index in [1.54, 1.807) is 0 Å². The molecule has 0 saturated carbocycles. The molecule has 3 aromatic carbocycles. The molecule has 0 aliphatic carbocycles. The zero-order chi connectivity index (χ0) is 33.8. The number of thioether (sulfide) groups is 1. The van der Waals surface area contributed by atoms with Crippen molar-refractivity contribution in [3.8, 4) is 5.69 Å². The first kappa shape index (κ1) is 34.3. The Morgan fingerprint density at radius 1 is 0.979 bits per heavy atom. The van der Waals surface area contributed by atoms with Crippen molar-refractivity contribution in [3.63, 3.8) is 0 Å². The van der Waals surface area contributed by atoms with Crippen molar-refractivity contribution in [2.24, 2.45) is 0 Å². The van der Waals surface area contributed by atoms with Gasteiger partial charge in [-0.05, 0) is 66.7 Å². The monoisotopic (exact) mass is 712 g/mol. The molecule has 1 fully saturated rings. The number of halogens is 5. The van der Waals surface area contributed by atoms with E-state index in [0.717, 1.165) is 30.0 Å². The minimum Gasteiger partial charge on any atom is -0.379 e. The van der Waals surface area contributed by atoms with Crippen LogP contribution < -0.4 is 10.6 Å². The van der Waals surface area contributed by atoms with Gasteiger partial charge in [0.25, 0.3) is 5.91 Å². The van der Waals surface area contributed by atoms with Crippen LogP contribution in [-0.2, 0) is 32.3 Å². The molecule has 18 heteroatoms. The largest absolute Gasteiger partial charge is 0.416 e. The lowest BCUT2D eigenvalue weighted by atomic mass is 10.2. The number of alkyl halides is 3. The summed E-state index contributed by atoms with van der Waals surface area (Å²) in [6.45, 7) is 0.890. The van der Waals surface area contributed by atoms with E-state index in [-0.39, 0.29) is 57.5 Å². The Labute approximate surface area is 275 Å². The molecule has 47 heavy (non-hydrogen) atoms. The summed E-state index contributed by atoms with van der Waals surface area (Å²) in [5.74, 6) is -1.83. The van der Waals surface area contributed by atoms with Crippen molar-refractivity contribution in [2.75, 3.05) is 37.4 Å². The van der Waals surface area contributed by atoms with Crippen LogP contribution in [0.5, 0.6) is 0 Å². The van der Waals surface area contributed by atoms with Crippen LogP contribution in [0.15, 0.2) is 76.8 Å². The Morgan fingerprint density at radius 3 is 2.32 bits per heavy atom. The van der Waals surface area contributed by atoms with Gasteiger partial charge in [-0.15, -0.1) is 10.2 Å². The summed E-state index contributed by atoms with van der Waals surface area (Å²) in [5, 5.41) is 13.3. The number of nitrogens with one attached hydrogen (secondary N) is 2. The van der Waals surface area contributed by atoms with Crippen LogP contribution in [0.2, 0.25) is 5.02 Å². The standard InChI is InChI=1S/C29H25ClF4N6O5S2/c30-23-10-3-19(29(32,33)34)15-24(23)36-26(41)17-46-28-38-37-25(40(28)21-6-4-20(31)5-7-21)16-35-27(42)18-1-8-22(9-2-18)47(43,44)39-11-13-45-14-12-39/h1-10,15H,11-14,16-17H2,(H,35,42)(H,36,41). The molecule has 0 unspecified atom stereocenters. The Morgan fingerprint density at radius 2 is 1.66 bits per heavy atom. The van der Waals surface area contributed by atoms with Crippen LogP contribution >= 0.6 is 23.4 Å². The molecule has 0 atom stereocenters. The molecule has 2 N–H and O–H groups in total. The van der Waals surface area contributed by atoms with E-state index in [2.05, 4.69) is 20.8 Å². The highest BCUT2D eigenvalue weighted by Gasteiger charge is 2.31. The second-order valence-electron chi connectivity index (χ2n) is 9.96. The van der Waals surface area contributed by atoms with E-state index < -0.39 is 39.4 Å². The molecular weight excluding hydrogens is 688 g/mol. The molecule has 1 saturated heterocycles. The van der Waals surface area contributed by atoms with Crippen molar-refractivity contribution >= 4 is 50.9 Å². The molecule has 2 amide bonds. The summed E-state index contributed by atoms with van der Waals surface area (Å²) in [7, 11) is -3.75. The second-order valence-corrected chi connectivity index (χ2v) is 13.3. The van der Waals surface area contributed by atoms with Crippen LogP contribution in [0.1, 0.15) is 21.7 Å². The smallest absolute Gasteiger partial charge is 0.379 e. The third-order valence-electron chi connectivity index (χ3n) is 6.82. The minimum absolute atomic E-state index is 0.0352. The van der Waals surface area contributed by atoms with Crippen LogP contribution in [0.3, 0.4) is 0 Å². The van der Waals surface area contributed by atoms with Crippen LogP contribution in [0.4, 0.5) is 23.2 Å². The summed E-state index contributed by atoms with van der Waals surface area (Å²) < 4.78 is 86.8. The van der Waals surface area contributed by atoms with Crippen molar-refractivity contribution < 1.29 is 40.3 Å². The van der Waals surface area contributed by atoms with Crippen molar-refractivity contribution in [2.45, 2.75) is 22.8 Å². The lowest BCUT2D eigenvalue weighted by Crippen LogP contribution is -2.40. The third-order valence-corrected chi connectivity index (χ3v) is 9.99. The van der Waals surface area contributed by atoms with Gasteiger partial charge in [-0.3, -0.25) is 14.2 Å². The number of amides is 2. The maximum Gasteiger partial charge on any atom is 0.416 e. The fraction of sp³-hybridized carbons (Fsp3) is 0.241. The highest BCUT2D eigenvalue weighted by atomic mass is 35.5. The van der Waals surface area contributed by atoms with E-state index in [9.17, 15) is 35.6 Å². The van der Waals surface area contributed by atoms with Crippen LogP contribution in [0.25, 0.3) is 5.69 Å². The maximum atomic E-state index is 13.7. The van der Waals surface area contributed by atoms with E-state index in [1.165, 1.54) is 57.4 Å². The Bertz CT molecular complexity index is 1870. The quantitative estimate of drug-likeness (QED) is 0.178. The SMILES string of the molecule is O=C(CSc1nnc(CNC(=O)c2ccc(S(=O)(=O)N3CCOCC3)cc2)n1-c1ccc(F)cc1)Nc1cc(C(F)(F)F)ccc1Cl. The van der Waals surface area contributed by atoms with Gasteiger partial charge < -0.3 is 15.4 Å². The minimum atomic E-state index is -4.64. The number of hydrogen-bond donors (Lipinski definition) is 2. The molecule has 1 aliphatic rings. The maximum absolute atomic E-state index is 13.7. The average Bonchev–Trinajstić information content (AvgIpc) is 3.46. The number of aromatic nitrogens is 3. The molecule has 11 nitrogen and oxygen atoms in total. The van der Waals surface area contributed by atoms with Gasteiger partial charge in [0.2, 0.25) is 15.9 Å². The number of hydrogen-bond acceptors (Lipinski definition) is 8. The molecule has 0 spiro atoms. The third kappa shape index (κ3) is 8.28. The average molecular weight is 713 g/mol. The van der Waals surface area contributed by atoms with E-state index in [4.69, 9.17) is 16.3 Å². The van der Waals surface area contributed by atoms with Crippen molar-refractivity contribution in [1.29, 1.82) is 0 Å². The van der Waals surface area contributed by atoms with Gasteiger partial charge in [-0.1, -0.05) is 23.4 Å². The predicted molar refractivity (Wildman–Crippen MR) is 164 cm³/mol. The number of benzene rings is 3. The fourth-order valence-corrected chi connectivity index (χ4v) is 6.79. The first-order valence-electron chi connectivity index (χ1n) is 13.8. The summed E-state index contributed by atoms with van der Waals surface area (Å²) in [6, 6.07) is 13.2. The summed E-state index contributed by atoms with van der Waals surface area (Å²) in [5.41, 5.74) is -0.621. The van der Waals surface area contributed by atoms with Crippen molar-refractivity contribution in [3.05, 3.63) is 94.5 Å². The van der Waals surface area contributed by atoms with Crippen LogP contribution in [0, 0.1) is 5.82 Å². The zero-order valence-electron chi connectivity index (χ0n) is 24.1. The van der Waals surface area contributed by atoms with Gasteiger partial charge in [0.05, 0.1) is 46.7 Å². The number of rotatable bonds is 10. The number of sulfonamides is 1. The summed E-state index contributed by atoms with van der Waals surface area (Å²) in [4.78, 5) is 25.6. The van der Waals surface area contributed by atoms with Gasteiger partial charge >= 0.3 is 6.18 Å². The Hall–Kier alpha value is -4.03. The highest BCUT2D eigenvalue weighted by molar-refractivity contribution is 7.99. The molecule has 1 aliphatic heterocycles. The van der Waals surface area contributed by atoms with Crippen molar-refractivity contribution in [1.82, 2.24) is 24.4 Å². The van der Waals surface area contributed by atoms with Gasteiger partial charge in [-0.2, -0.15) is 17.5 Å². The molecule has 248 valence electrons. The molecule has 2 heterocycles. The first-order valence-corrected chi connectivity index (χ1v) is 16.6. The van der Waals surface area contributed by atoms with Gasteiger partial charge in [0.15, 0.2) is 11.0 Å². The summed E-state index contributed by atoms with van der Waals surface area (Å²) in [6.07, 6.45) is -4.64. The fourth-order valence-electron chi connectivity index (χ4n) is 4.45. The Balaban J connectivity index is 1.28. The number of ether oxygens (including phenoxy) is 1. The van der Waals surface area contributed by atoms with E-state index in [1.807, 2.05) is 0 Å². The highest BCUT2D eigenvalue weighted by Crippen LogP contribution is 2.34. The number of morpholine rings is 1. The summed E-state index contributed by atoms with van der Waals surface area (Å²) >= 11 is 6.87. The molecule has 0 bridgehead atoms. The van der Waals surface area contributed by atoms with E-state index >= 15 is 0 Å². The first-order chi connectivity index (χ1) is 22.3. The number of carbonyl (C=O) groups excluding carboxylic acids is 2. The molecular formula is C29H25ClF4N6O5S2. The number of carbonyl (C=O) groups is 2. The van der Waals surface area contributed by atoms with E-state index in [0.29, 0.717) is 18.9 Å².